The van der Waals surface area contributed by atoms with E-state index in [-0.39, 0.29) is 18.6 Å². The fraction of sp³-hybridized carbons (Fsp3) is 0.333. The van der Waals surface area contributed by atoms with Crippen LogP contribution in [0.1, 0.15) is 6.92 Å². The van der Waals surface area contributed by atoms with E-state index in [0.717, 1.165) is 0 Å². The number of ether oxygens (including phenoxy) is 1. The first-order valence-corrected chi connectivity index (χ1v) is 7.84. The average Bonchev–Trinajstić information content (AvgIpc) is 3.03. The first-order valence-electron chi connectivity index (χ1n) is 7.46. The van der Waals surface area contributed by atoms with Crippen LogP contribution in [0, 0.1) is 0 Å². The molecule has 0 aliphatic heterocycles. The molecule has 0 aliphatic carbocycles. The minimum atomic E-state index is -0.421. The second kappa shape index (κ2) is 9.00. The maximum absolute atomic E-state index is 12.1. The Kier molecular flexibility index (Phi) is 6.72. The van der Waals surface area contributed by atoms with Gasteiger partial charge in [-0.25, -0.2) is 9.78 Å². The number of hydrogen-bond acceptors (Lipinski definition) is 5. The Labute approximate surface area is 149 Å². The molecule has 0 unspecified atom stereocenters. The van der Waals surface area contributed by atoms with Crippen molar-refractivity contribution < 1.29 is 14.3 Å². The number of carbonyl (C=O) groups is 2. The van der Waals surface area contributed by atoms with Gasteiger partial charge in [0.05, 0.1) is 17.3 Å². The SMILES string of the molecule is COCC(=O)Nc1ccc(Cl)c(NC(=O)N[C@@H](C)Cn2cncn2)c1. The molecule has 1 aromatic carbocycles. The van der Waals surface area contributed by atoms with E-state index in [1.165, 1.54) is 13.4 Å². The summed E-state index contributed by atoms with van der Waals surface area (Å²) in [6.45, 7) is 2.25. The summed E-state index contributed by atoms with van der Waals surface area (Å²) in [4.78, 5) is 27.5. The van der Waals surface area contributed by atoms with E-state index in [1.54, 1.807) is 29.2 Å². The number of nitrogens with zero attached hydrogens (tertiary/aromatic N) is 3. The highest BCUT2D eigenvalue weighted by Crippen LogP contribution is 2.25. The monoisotopic (exact) mass is 366 g/mol. The third-order valence-corrected chi connectivity index (χ3v) is 3.41. The molecule has 0 bridgehead atoms. The van der Waals surface area contributed by atoms with Gasteiger partial charge in [-0.05, 0) is 25.1 Å². The number of anilines is 2. The van der Waals surface area contributed by atoms with Crippen LogP contribution >= 0.6 is 11.6 Å². The topological polar surface area (TPSA) is 110 Å². The molecule has 2 rings (SSSR count). The van der Waals surface area contributed by atoms with Crippen molar-refractivity contribution in [2.45, 2.75) is 19.5 Å². The largest absolute Gasteiger partial charge is 0.375 e. The highest BCUT2D eigenvalue weighted by molar-refractivity contribution is 6.33. The lowest BCUT2D eigenvalue weighted by Crippen LogP contribution is -2.38. The molecule has 0 radical (unpaired) electrons. The third kappa shape index (κ3) is 6.05. The summed E-state index contributed by atoms with van der Waals surface area (Å²) in [5.41, 5.74) is 0.875. The summed E-state index contributed by atoms with van der Waals surface area (Å²) in [7, 11) is 1.43. The van der Waals surface area contributed by atoms with E-state index in [2.05, 4.69) is 26.0 Å². The van der Waals surface area contributed by atoms with Crippen LogP contribution in [0.5, 0.6) is 0 Å². The average molecular weight is 367 g/mol. The molecule has 25 heavy (non-hydrogen) atoms. The molecule has 3 amide bonds. The molecule has 0 spiro atoms. The summed E-state index contributed by atoms with van der Waals surface area (Å²) in [5.74, 6) is -0.304. The fourth-order valence-electron chi connectivity index (χ4n) is 2.06. The van der Waals surface area contributed by atoms with Crippen LogP contribution in [0.4, 0.5) is 16.2 Å². The van der Waals surface area contributed by atoms with Gasteiger partial charge in [0.2, 0.25) is 5.91 Å². The molecule has 134 valence electrons. The Morgan fingerprint density at radius 1 is 1.36 bits per heavy atom. The lowest BCUT2D eigenvalue weighted by atomic mass is 10.2. The van der Waals surface area contributed by atoms with Crippen LogP contribution in [-0.4, -0.2) is 46.5 Å². The highest BCUT2D eigenvalue weighted by Gasteiger charge is 2.11. The Bertz CT molecular complexity index is 722. The van der Waals surface area contributed by atoms with Crippen molar-refractivity contribution in [3.05, 3.63) is 35.9 Å². The Balaban J connectivity index is 1.93. The van der Waals surface area contributed by atoms with Crippen LogP contribution in [0.2, 0.25) is 5.02 Å². The molecule has 1 atom stereocenters. The maximum atomic E-state index is 12.1. The van der Waals surface area contributed by atoms with E-state index < -0.39 is 6.03 Å². The summed E-state index contributed by atoms with van der Waals surface area (Å²) in [6, 6.07) is 4.18. The van der Waals surface area contributed by atoms with Gasteiger partial charge >= 0.3 is 6.03 Å². The maximum Gasteiger partial charge on any atom is 0.319 e. The molecule has 0 aliphatic rings. The number of methoxy groups -OCH3 is 1. The molecule has 1 aromatic heterocycles. The minimum absolute atomic E-state index is 0.0638. The van der Waals surface area contributed by atoms with Crippen molar-refractivity contribution in [2.75, 3.05) is 24.4 Å². The van der Waals surface area contributed by atoms with Crippen molar-refractivity contribution >= 4 is 34.9 Å². The lowest BCUT2D eigenvalue weighted by Gasteiger charge is -2.15. The van der Waals surface area contributed by atoms with E-state index in [1.807, 2.05) is 6.92 Å². The van der Waals surface area contributed by atoms with Crippen molar-refractivity contribution in [1.82, 2.24) is 20.1 Å². The normalized spacial score (nSPS) is 11.6. The van der Waals surface area contributed by atoms with Gasteiger partial charge in [0.1, 0.15) is 19.3 Å². The zero-order valence-electron chi connectivity index (χ0n) is 13.8. The molecule has 10 heteroatoms. The van der Waals surface area contributed by atoms with Gasteiger partial charge in [0.15, 0.2) is 0 Å². The second-order valence-corrected chi connectivity index (χ2v) is 5.70. The molecule has 0 saturated heterocycles. The molecule has 0 saturated carbocycles. The van der Waals surface area contributed by atoms with Crippen molar-refractivity contribution in [3.63, 3.8) is 0 Å². The number of benzene rings is 1. The van der Waals surface area contributed by atoms with Crippen LogP contribution in [0.25, 0.3) is 0 Å². The number of halogens is 1. The lowest BCUT2D eigenvalue weighted by molar-refractivity contribution is -0.119. The first kappa shape index (κ1) is 18.7. The molecule has 3 N–H and O–H groups in total. The van der Waals surface area contributed by atoms with Gasteiger partial charge < -0.3 is 20.7 Å². The Hall–Kier alpha value is -2.65. The summed E-state index contributed by atoms with van der Waals surface area (Å²) in [6.07, 6.45) is 3.00. The summed E-state index contributed by atoms with van der Waals surface area (Å²) >= 11 is 6.09. The first-order chi connectivity index (χ1) is 12.0. The van der Waals surface area contributed by atoms with Gasteiger partial charge in [-0.1, -0.05) is 11.6 Å². The molecule has 1 heterocycles. The number of amides is 3. The summed E-state index contributed by atoms with van der Waals surface area (Å²) < 4.78 is 6.37. The van der Waals surface area contributed by atoms with E-state index in [0.29, 0.717) is 22.9 Å². The molecular formula is C15H19ClN6O3. The van der Waals surface area contributed by atoms with Gasteiger partial charge in [-0.3, -0.25) is 9.48 Å². The van der Waals surface area contributed by atoms with Gasteiger partial charge in [0, 0.05) is 18.8 Å². The number of urea groups is 1. The minimum Gasteiger partial charge on any atom is -0.375 e. The number of aromatic nitrogens is 3. The quantitative estimate of drug-likeness (QED) is 0.691. The molecule has 9 nitrogen and oxygen atoms in total. The highest BCUT2D eigenvalue weighted by atomic mass is 35.5. The zero-order valence-corrected chi connectivity index (χ0v) is 14.6. The number of nitrogens with one attached hydrogen (secondary N) is 3. The van der Waals surface area contributed by atoms with Crippen LogP contribution in [0.15, 0.2) is 30.9 Å². The predicted molar refractivity (Wildman–Crippen MR) is 93.6 cm³/mol. The van der Waals surface area contributed by atoms with Crippen LogP contribution < -0.4 is 16.0 Å². The summed E-state index contributed by atoms with van der Waals surface area (Å²) in [5, 5.41) is 12.4. The number of hydrogen-bond donors (Lipinski definition) is 3. The zero-order chi connectivity index (χ0) is 18.2. The van der Waals surface area contributed by atoms with Crippen molar-refractivity contribution in [1.29, 1.82) is 0 Å². The van der Waals surface area contributed by atoms with Crippen molar-refractivity contribution in [3.8, 4) is 0 Å². The van der Waals surface area contributed by atoms with E-state index >= 15 is 0 Å². The number of rotatable bonds is 7. The standard InChI is InChI=1S/C15H19ClN6O3/c1-10(6-22-9-17-8-18-22)19-15(24)21-13-5-11(3-4-12(13)16)20-14(23)7-25-2/h3-5,8-10H,6-7H2,1-2H3,(H,20,23)(H2,19,21,24)/t10-/m0/s1. The smallest absolute Gasteiger partial charge is 0.319 e. The Morgan fingerprint density at radius 2 is 2.16 bits per heavy atom. The van der Waals surface area contributed by atoms with E-state index in [4.69, 9.17) is 16.3 Å². The number of carbonyl (C=O) groups excluding carboxylic acids is 2. The van der Waals surface area contributed by atoms with Gasteiger partial charge in [0.25, 0.3) is 0 Å². The second-order valence-electron chi connectivity index (χ2n) is 5.29. The van der Waals surface area contributed by atoms with Crippen molar-refractivity contribution in [2.24, 2.45) is 0 Å². The molecular weight excluding hydrogens is 348 g/mol. The molecule has 2 aromatic rings. The van der Waals surface area contributed by atoms with E-state index in [9.17, 15) is 9.59 Å². The van der Waals surface area contributed by atoms with Crippen LogP contribution in [0.3, 0.4) is 0 Å². The third-order valence-electron chi connectivity index (χ3n) is 3.08. The van der Waals surface area contributed by atoms with Crippen LogP contribution in [-0.2, 0) is 16.1 Å². The Morgan fingerprint density at radius 3 is 2.84 bits per heavy atom. The predicted octanol–water partition coefficient (Wildman–Crippen LogP) is 1.73. The molecule has 0 fully saturated rings. The van der Waals surface area contributed by atoms with Gasteiger partial charge in [-0.15, -0.1) is 0 Å². The van der Waals surface area contributed by atoms with Gasteiger partial charge in [-0.2, -0.15) is 5.10 Å². The fourth-order valence-corrected chi connectivity index (χ4v) is 2.23.